The molecule has 0 aliphatic carbocycles. The van der Waals surface area contributed by atoms with Crippen LogP contribution in [0.3, 0.4) is 0 Å². The topological polar surface area (TPSA) is 89.3 Å². The summed E-state index contributed by atoms with van der Waals surface area (Å²) in [6, 6.07) is 4.92. The summed E-state index contributed by atoms with van der Waals surface area (Å²) >= 11 is 7.15. The Morgan fingerprint density at radius 2 is 2.12 bits per heavy atom. The summed E-state index contributed by atoms with van der Waals surface area (Å²) < 4.78 is 25.0. The molecule has 25 heavy (non-hydrogen) atoms. The van der Waals surface area contributed by atoms with Crippen molar-refractivity contribution in [3.63, 3.8) is 0 Å². The second-order valence-corrected chi connectivity index (χ2v) is 10.5. The number of rotatable bonds is 4. The Balaban J connectivity index is 2.09. The van der Waals surface area contributed by atoms with Gasteiger partial charge in [-0.2, -0.15) is 0 Å². The van der Waals surface area contributed by atoms with Crippen molar-refractivity contribution in [3.05, 3.63) is 33.6 Å². The van der Waals surface area contributed by atoms with Crippen LogP contribution in [0.25, 0.3) is 10.9 Å². The number of sulfone groups is 1. The van der Waals surface area contributed by atoms with E-state index in [2.05, 4.69) is 4.98 Å². The van der Waals surface area contributed by atoms with Crippen molar-refractivity contribution in [1.29, 1.82) is 0 Å². The first kappa shape index (κ1) is 18.7. The molecule has 0 radical (unpaired) electrons. The van der Waals surface area contributed by atoms with Gasteiger partial charge in [0.1, 0.15) is 0 Å². The van der Waals surface area contributed by atoms with Crippen LogP contribution in [0.2, 0.25) is 5.02 Å². The molecule has 0 amide bonds. The molecule has 3 rings (SSSR count). The number of aliphatic hydroxyl groups is 1. The number of hydrogen-bond acceptors (Lipinski definition) is 6. The van der Waals surface area contributed by atoms with Crippen LogP contribution in [0, 0.1) is 5.92 Å². The summed E-state index contributed by atoms with van der Waals surface area (Å²) in [5.41, 5.74) is 0.297. The molecule has 9 heteroatoms. The highest BCUT2D eigenvalue weighted by Crippen LogP contribution is 2.31. The zero-order valence-electron chi connectivity index (χ0n) is 13.8. The monoisotopic (exact) mass is 402 g/mol. The highest BCUT2D eigenvalue weighted by atomic mass is 35.5. The lowest BCUT2D eigenvalue weighted by Crippen LogP contribution is -2.28. The molecule has 1 aliphatic rings. The van der Waals surface area contributed by atoms with Crippen molar-refractivity contribution < 1.29 is 13.5 Å². The lowest BCUT2D eigenvalue weighted by atomic mass is 10.2. The number of halogens is 1. The Morgan fingerprint density at radius 3 is 2.72 bits per heavy atom. The molecule has 1 N–H and O–H groups in total. The number of hydrogen-bond donors (Lipinski definition) is 1. The van der Waals surface area contributed by atoms with Crippen molar-refractivity contribution in [2.24, 2.45) is 5.92 Å². The van der Waals surface area contributed by atoms with E-state index in [9.17, 15) is 18.3 Å². The normalized spacial score (nSPS) is 22.8. The van der Waals surface area contributed by atoms with Crippen molar-refractivity contribution in [2.75, 3.05) is 11.5 Å². The average molecular weight is 403 g/mol. The lowest BCUT2D eigenvalue weighted by molar-refractivity contribution is 0.207. The van der Waals surface area contributed by atoms with Gasteiger partial charge in [0.05, 0.1) is 33.8 Å². The smallest absolute Gasteiger partial charge is 0.262 e. The molecule has 0 bridgehead atoms. The third-order valence-electron chi connectivity index (χ3n) is 3.96. The Hall–Kier alpha value is -1.09. The number of aliphatic hydroxyl groups excluding tert-OH is 1. The van der Waals surface area contributed by atoms with E-state index in [1.54, 1.807) is 22.8 Å². The summed E-state index contributed by atoms with van der Waals surface area (Å²) in [5, 5.41) is 10.8. The molecular formula is C16H19ClN2O4S2. The van der Waals surface area contributed by atoms with Gasteiger partial charge in [0.15, 0.2) is 15.0 Å². The Labute approximate surface area is 155 Å². The molecule has 2 atom stereocenters. The van der Waals surface area contributed by atoms with Gasteiger partial charge >= 0.3 is 0 Å². The van der Waals surface area contributed by atoms with Crippen LogP contribution in [-0.2, 0) is 16.4 Å². The van der Waals surface area contributed by atoms with Crippen LogP contribution in [0.5, 0.6) is 0 Å². The minimum atomic E-state index is -3.26. The van der Waals surface area contributed by atoms with Gasteiger partial charge in [-0.25, -0.2) is 13.4 Å². The second kappa shape index (κ2) is 6.90. The first-order chi connectivity index (χ1) is 11.7. The predicted molar refractivity (Wildman–Crippen MR) is 100 cm³/mol. The Bertz CT molecular complexity index is 972. The SMILES string of the molecule is CC(C)Cn1c(S[C@H]2CS(=O)(=O)C[C@H]2O)nc2ccc(Cl)cc2c1=O. The molecule has 6 nitrogen and oxygen atoms in total. The van der Waals surface area contributed by atoms with E-state index >= 15 is 0 Å². The van der Waals surface area contributed by atoms with Crippen molar-refractivity contribution in [2.45, 2.75) is 36.9 Å². The molecule has 1 aromatic heterocycles. The van der Waals surface area contributed by atoms with Crippen molar-refractivity contribution in [1.82, 2.24) is 9.55 Å². The van der Waals surface area contributed by atoms with Gasteiger partial charge in [0.2, 0.25) is 0 Å². The van der Waals surface area contributed by atoms with E-state index in [1.807, 2.05) is 13.8 Å². The fourth-order valence-corrected chi connectivity index (χ4v) is 6.59. The van der Waals surface area contributed by atoms with Crippen LogP contribution >= 0.6 is 23.4 Å². The lowest BCUT2D eigenvalue weighted by Gasteiger charge is -2.18. The van der Waals surface area contributed by atoms with Crippen molar-refractivity contribution >= 4 is 44.1 Å². The summed E-state index contributed by atoms with van der Waals surface area (Å²) in [6.07, 6.45) is -0.958. The van der Waals surface area contributed by atoms with Gasteiger partial charge in [-0.1, -0.05) is 37.2 Å². The van der Waals surface area contributed by atoms with Gasteiger partial charge in [-0.3, -0.25) is 9.36 Å². The molecule has 1 aromatic carbocycles. The fourth-order valence-electron chi connectivity index (χ4n) is 2.83. The highest BCUT2D eigenvalue weighted by molar-refractivity contribution is 8.01. The summed E-state index contributed by atoms with van der Waals surface area (Å²) in [6.45, 7) is 4.42. The molecule has 1 fully saturated rings. The summed E-state index contributed by atoms with van der Waals surface area (Å²) in [5.74, 6) is -0.162. The molecule has 2 heterocycles. The molecule has 0 unspecified atom stereocenters. The van der Waals surface area contributed by atoms with E-state index in [1.165, 1.54) is 0 Å². The van der Waals surface area contributed by atoms with E-state index in [4.69, 9.17) is 11.6 Å². The minimum Gasteiger partial charge on any atom is -0.391 e. The van der Waals surface area contributed by atoms with Crippen LogP contribution < -0.4 is 5.56 Å². The Morgan fingerprint density at radius 1 is 1.40 bits per heavy atom. The number of aromatic nitrogens is 2. The standard InChI is InChI=1S/C16H19ClN2O4S2/c1-9(2)6-19-15(21)11-5-10(17)3-4-12(11)18-16(19)24-14-8-25(22,23)7-13(14)20/h3-5,9,13-14,20H,6-8H2,1-2H3/t13-,14+/m1/s1. The summed E-state index contributed by atoms with van der Waals surface area (Å²) in [7, 11) is -3.26. The van der Waals surface area contributed by atoms with Gasteiger partial charge in [0.25, 0.3) is 5.56 Å². The highest BCUT2D eigenvalue weighted by Gasteiger charge is 2.38. The first-order valence-electron chi connectivity index (χ1n) is 7.91. The Kier molecular flexibility index (Phi) is 5.16. The molecule has 2 aromatic rings. The zero-order chi connectivity index (χ0) is 18.4. The quantitative estimate of drug-likeness (QED) is 0.786. The second-order valence-electron chi connectivity index (χ2n) is 6.67. The van der Waals surface area contributed by atoms with Crippen LogP contribution in [0.4, 0.5) is 0 Å². The number of thioether (sulfide) groups is 1. The third-order valence-corrected chi connectivity index (χ3v) is 7.43. The zero-order valence-corrected chi connectivity index (χ0v) is 16.2. The molecular weight excluding hydrogens is 384 g/mol. The molecule has 0 saturated carbocycles. The van der Waals surface area contributed by atoms with Gasteiger partial charge < -0.3 is 5.11 Å². The van der Waals surface area contributed by atoms with Crippen molar-refractivity contribution in [3.8, 4) is 0 Å². The van der Waals surface area contributed by atoms with Crippen LogP contribution in [0.15, 0.2) is 28.2 Å². The van der Waals surface area contributed by atoms with Gasteiger partial charge in [-0.15, -0.1) is 0 Å². The molecule has 136 valence electrons. The molecule has 1 saturated heterocycles. The maximum Gasteiger partial charge on any atom is 0.262 e. The third kappa shape index (κ3) is 4.02. The summed E-state index contributed by atoms with van der Waals surface area (Å²) in [4.78, 5) is 17.4. The maximum atomic E-state index is 12.9. The number of nitrogens with zero attached hydrogens (tertiary/aromatic N) is 2. The average Bonchev–Trinajstić information content (AvgIpc) is 2.76. The van der Waals surface area contributed by atoms with Gasteiger partial charge in [-0.05, 0) is 24.1 Å². The van der Waals surface area contributed by atoms with Crippen LogP contribution in [-0.4, -0.2) is 45.9 Å². The molecule has 0 spiro atoms. The van der Waals surface area contributed by atoms with E-state index in [0.29, 0.717) is 27.6 Å². The van der Waals surface area contributed by atoms with Gasteiger partial charge in [0, 0.05) is 11.6 Å². The number of fused-ring (bicyclic) bond motifs is 1. The largest absolute Gasteiger partial charge is 0.391 e. The minimum absolute atomic E-state index is 0.116. The predicted octanol–water partition coefficient (Wildman–Crippen LogP) is 1.96. The van der Waals surface area contributed by atoms with Crippen LogP contribution in [0.1, 0.15) is 13.8 Å². The first-order valence-corrected chi connectivity index (χ1v) is 11.0. The van der Waals surface area contributed by atoms with E-state index in [-0.39, 0.29) is 23.0 Å². The van der Waals surface area contributed by atoms with E-state index in [0.717, 1.165) is 11.8 Å². The number of benzene rings is 1. The molecule has 1 aliphatic heterocycles. The van der Waals surface area contributed by atoms with E-state index < -0.39 is 21.2 Å². The fraction of sp³-hybridized carbons (Fsp3) is 0.500. The maximum absolute atomic E-state index is 12.9.